The first kappa shape index (κ1) is 21.0. The van der Waals surface area contributed by atoms with Gasteiger partial charge in [-0.15, -0.1) is 24.0 Å². The highest BCUT2D eigenvalue weighted by atomic mass is 127. The number of anilines is 1. The van der Waals surface area contributed by atoms with E-state index in [-0.39, 0.29) is 24.0 Å². The van der Waals surface area contributed by atoms with E-state index in [4.69, 9.17) is 4.74 Å². The molecular formula is C19H30IN5O. The summed E-state index contributed by atoms with van der Waals surface area (Å²) < 4.78 is 5.37. The fourth-order valence-corrected chi connectivity index (χ4v) is 3.08. The first-order chi connectivity index (χ1) is 12.3. The molecule has 144 valence electrons. The number of halogens is 1. The monoisotopic (exact) mass is 471 g/mol. The summed E-state index contributed by atoms with van der Waals surface area (Å²) in [5.74, 6) is 0.848. The lowest BCUT2D eigenvalue weighted by atomic mass is 10.2. The van der Waals surface area contributed by atoms with Crippen LogP contribution < -0.4 is 15.5 Å². The van der Waals surface area contributed by atoms with Crippen molar-refractivity contribution >= 4 is 35.6 Å². The van der Waals surface area contributed by atoms with Crippen LogP contribution in [0.25, 0.3) is 0 Å². The summed E-state index contributed by atoms with van der Waals surface area (Å²) >= 11 is 0. The number of benzene rings is 1. The van der Waals surface area contributed by atoms with E-state index in [0.717, 1.165) is 65.0 Å². The first-order valence-corrected chi connectivity index (χ1v) is 9.08. The van der Waals surface area contributed by atoms with Crippen molar-refractivity contribution in [2.45, 2.75) is 6.54 Å². The molecule has 1 aromatic rings. The Morgan fingerprint density at radius 2 is 1.77 bits per heavy atom. The highest BCUT2D eigenvalue weighted by molar-refractivity contribution is 14.0. The standard InChI is InChI=1S/C19H29N5O.HI/c1-20-19(21-8-11-23-12-14-25-15-13-23)22-16-17-4-6-18(7-5-17)24-9-2-3-10-24;/h2-7H,8-16H2,1H3,(H2,20,21,22);1H. The molecule has 0 aliphatic carbocycles. The molecule has 0 unspecified atom stereocenters. The maximum Gasteiger partial charge on any atom is 0.191 e. The molecule has 0 aromatic heterocycles. The highest BCUT2D eigenvalue weighted by Crippen LogP contribution is 2.17. The van der Waals surface area contributed by atoms with Crippen molar-refractivity contribution in [2.75, 3.05) is 64.4 Å². The topological polar surface area (TPSA) is 52.1 Å². The SMILES string of the molecule is CN=C(NCCN1CCOCC1)NCc1ccc(N2CC=CC2)cc1.I. The first-order valence-electron chi connectivity index (χ1n) is 9.08. The number of guanidine groups is 1. The van der Waals surface area contributed by atoms with Gasteiger partial charge in [0.15, 0.2) is 5.96 Å². The molecular weight excluding hydrogens is 441 g/mol. The average Bonchev–Trinajstić information content (AvgIpc) is 3.20. The number of hydrogen-bond acceptors (Lipinski definition) is 4. The minimum atomic E-state index is 0. The molecule has 0 amide bonds. The maximum atomic E-state index is 5.37. The summed E-state index contributed by atoms with van der Waals surface area (Å²) in [6, 6.07) is 8.75. The molecule has 1 saturated heterocycles. The van der Waals surface area contributed by atoms with Crippen LogP contribution in [-0.2, 0) is 11.3 Å². The lowest BCUT2D eigenvalue weighted by Crippen LogP contribution is -2.44. The normalized spacial score (nSPS) is 17.9. The molecule has 7 heteroatoms. The van der Waals surface area contributed by atoms with E-state index in [0.29, 0.717) is 0 Å². The van der Waals surface area contributed by atoms with Crippen molar-refractivity contribution in [3.63, 3.8) is 0 Å². The van der Waals surface area contributed by atoms with Crippen LogP contribution >= 0.6 is 24.0 Å². The third-order valence-corrected chi connectivity index (χ3v) is 4.63. The quantitative estimate of drug-likeness (QED) is 0.286. The molecule has 2 heterocycles. The van der Waals surface area contributed by atoms with E-state index in [2.05, 4.69) is 61.8 Å². The Hall–Kier alpha value is -1.32. The van der Waals surface area contributed by atoms with Crippen molar-refractivity contribution in [3.8, 4) is 0 Å². The zero-order valence-corrected chi connectivity index (χ0v) is 17.8. The van der Waals surface area contributed by atoms with Gasteiger partial charge in [0.25, 0.3) is 0 Å². The van der Waals surface area contributed by atoms with E-state index in [1.807, 2.05) is 7.05 Å². The van der Waals surface area contributed by atoms with E-state index in [1.165, 1.54) is 11.3 Å². The molecule has 2 aliphatic heterocycles. The van der Waals surface area contributed by atoms with Crippen LogP contribution in [0.3, 0.4) is 0 Å². The minimum Gasteiger partial charge on any atom is -0.379 e. The average molecular weight is 471 g/mol. The zero-order valence-electron chi connectivity index (χ0n) is 15.5. The van der Waals surface area contributed by atoms with Gasteiger partial charge in [0, 0.05) is 58.5 Å². The van der Waals surface area contributed by atoms with Gasteiger partial charge in [-0.3, -0.25) is 9.89 Å². The lowest BCUT2D eigenvalue weighted by Gasteiger charge is -2.26. The Morgan fingerprint density at radius 1 is 1.08 bits per heavy atom. The van der Waals surface area contributed by atoms with Crippen molar-refractivity contribution in [2.24, 2.45) is 4.99 Å². The fourth-order valence-electron chi connectivity index (χ4n) is 3.08. The zero-order chi connectivity index (χ0) is 17.3. The Labute approximate surface area is 173 Å². The third kappa shape index (κ3) is 6.44. The van der Waals surface area contributed by atoms with Crippen molar-refractivity contribution in [1.82, 2.24) is 15.5 Å². The van der Waals surface area contributed by atoms with Crippen LogP contribution in [0.15, 0.2) is 41.4 Å². The van der Waals surface area contributed by atoms with Gasteiger partial charge in [-0.05, 0) is 17.7 Å². The van der Waals surface area contributed by atoms with E-state index < -0.39 is 0 Å². The largest absolute Gasteiger partial charge is 0.379 e. The van der Waals surface area contributed by atoms with Crippen LogP contribution in [-0.4, -0.2) is 70.4 Å². The number of morpholine rings is 1. The van der Waals surface area contributed by atoms with Crippen LogP contribution in [0.2, 0.25) is 0 Å². The molecule has 0 bridgehead atoms. The molecule has 3 rings (SSSR count). The van der Waals surface area contributed by atoms with Gasteiger partial charge in [-0.2, -0.15) is 0 Å². The molecule has 0 spiro atoms. The van der Waals surface area contributed by atoms with Crippen LogP contribution in [0.5, 0.6) is 0 Å². The minimum absolute atomic E-state index is 0. The maximum absolute atomic E-state index is 5.37. The second-order valence-electron chi connectivity index (χ2n) is 6.35. The summed E-state index contributed by atoms with van der Waals surface area (Å²) in [6.07, 6.45) is 4.42. The van der Waals surface area contributed by atoms with Crippen molar-refractivity contribution in [1.29, 1.82) is 0 Å². The van der Waals surface area contributed by atoms with Crippen molar-refractivity contribution in [3.05, 3.63) is 42.0 Å². The van der Waals surface area contributed by atoms with Gasteiger partial charge in [0.1, 0.15) is 0 Å². The summed E-state index contributed by atoms with van der Waals surface area (Å²) in [6.45, 7) is 8.43. The fraction of sp³-hybridized carbons (Fsp3) is 0.526. The highest BCUT2D eigenvalue weighted by Gasteiger charge is 2.10. The van der Waals surface area contributed by atoms with Gasteiger partial charge in [0.05, 0.1) is 13.2 Å². The van der Waals surface area contributed by atoms with Gasteiger partial charge < -0.3 is 20.3 Å². The number of hydrogen-bond donors (Lipinski definition) is 2. The molecule has 2 N–H and O–H groups in total. The number of nitrogens with zero attached hydrogens (tertiary/aromatic N) is 3. The van der Waals surface area contributed by atoms with Gasteiger partial charge >= 0.3 is 0 Å². The number of nitrogens with one attached hydrogen (secondary N) is 2. The Kier molecular flexibility index (Phi) is 9.21. The van der Waals surface area contributed by atoms with Gasteiger partial charge in [-0.1, -0.05) is 24.3 Å². The number of rotatable bonds is 6. The van der Waals surface area contributed by atoms with E-state index in [9.17, 15) is 0 Å². The molecule has 0 atom stereocenters. The molecule has 1 aromatic carbocycles. The Balaban J connectivity index is 0.00000243. The molecule has 26 heavy (non-hydrogen) atoms. The molecule has 2 aliphatic rings. The van der Waals surface area contributed by atoms with Crippen LogP contribution in [0, 0.1) is 0 Å². The smallest absolute Gasteiger partial charge is 0.191 e. The van der Waals surface area contributed by atoms with E-state index in [1.54, 1.807) is 0 Å². The van der Waals surface area contributed by atoms with Crippen LogP contribution in [0.4, 0.5) is 5.69 Å². The lowest BCUT2D eigenvalue weighted by molar-refractivity contribution is 0.0389. The molecule has 1 fully saturated rings. The summed E-state index contributed by atoms with van der Waals surface area (Å²) in [4.78, 5) is 9.06. The summed E-state index contributed by atoms with van der Waals surface area (Å²) in [7, 11) is 1.81. The Bertz CT molecular complexity index is 576. The second-order valence-corrected chi connectivity index (χ2v) is 6.35. The Morgan fingerprint density at radius 3 is 2.42 bits per heavy atom. The second kappa shape index (κ2) is 11.4. The molecule has 6 nitrogen and oxygen atoms in total. The number of ether oxygens (including phenoxy) is 1. The summed E-state index contributed by atoms with van der Waals surface area (Å²) in [5.41, 5.74) is 2.54. The predicted molar refractivity (Wildman–Crippen MR) is 119 cm³/mol. The van der Waals surface area contributed by atoms with E-state index >= 15 is 0 Å². The van der Waals surface area contributed by atoms with Crippen LogP contribution in [0.1, 0.15) is 5.56 Å². The number of aliphatic imine (C=N–C) groups is 1. The predicted octanol–water partition coefficient (Wildman–Crippen LogP) is 1.68. The molecule has 0 radical (unpaired) electrons. The third-order valence-electron chi connectivity index (χ3n) is 4.63. The van der Waals surface area contributed by atoms with Crippen molar-refractivity contribution < 1.29 is 4.74 Å². The van der Waals surface area contributed by atoms with Gasteiger partial charge in [0.2, 0.25) is 0 Å². The molecule has 0 saturated carbocycles. The summed E-state index contributed by atoms with van der Waals surface area (Å²) in [5, 5.41) is 6.77. The van der Waals surface area contributed by atoms with Gasteiger partial charge in [-0.25, -0.2) is 0 Å².